The molecule has 0 amide bonds. The highest BCUT2D eigenvalue weighted by Crippen LogP contribution is 2.38. The van der Waals surface area contributed by atoms with E-state index in [-0.39, 0.29) is 5.82 Å². The molecular weight excluding hydrogens is 475 g/mol. The number of benzene rings is 4. The second kappa shape index (κ2) is 13.1. The van der Waals surface area contributed by atoms with Gasteiger partial charge in [-0.15, -0.1) is 0 Å². The molecule has 0 nitrogen and oxygen atoms in total. The van der Waals surface area contributed by atoms with Gasteiger partial charge in [-0.05, 0) is 89.3 Å². The van der Waals surface area contributed by atoms with Gasteiger partial charge in [0.25, 0.3) is 0 Å². The van der Waals surface area contributed by atoms with Gasteiger partial charge in [-0.25, -0.2) is 4.39 Å². The van der Waals surface area contributed by atoms with E-state index in [1.165, 1.54) is 66.3 Å². The first kappa shape index (κ1) is 27.1. The van der Waals surface area contributed by atoms with Crippen LogP contribution in [0.15, 0.2) is 97.1 Å². The monoisotopic (exact) mass is 516 g/mol. The maximum atomic E-state index is 14.9. The van der Waals surface area contributed by atoms with Gasteiger partial charge in [0.1, 0.15) is 5.82 Å². The van der Waals surface area contributed by atoms with E-state index in [2.05, 4.69) is 98.8 Å². The lowest BCUT2D eigenvalue weighted by Gasteiger charge is -2.28. The maximum absolute atomic E-state index is 14.9. The number of hydrogen-bond acceptors (Lipinski definition) is 0. The van der Waals surface area contributed by atoms with E-state index >= 15 is 0 Å². The molecule has 0 aromatic heterocycles. The van der Waals surface area contributed by atoms with Gasteiger partial charge in [0.2, 0.25) is 0 Å². The molecule has 0 aliphatic heterocycles. The van der Waals surface area contributed by atoms with Crippen molar-refractivity contribution in [2.24, 2.45) is 5.92 Å². The van der Waals surface area contributed by atoms with Crippen molar-refractivity contribution in [3.05, 3.63) is 131 Å². The molecular formula is C38H41F. The van der Waals surface area contributed by atoms with E-state index in [9.17, 15) is 4.39 Å². The van der Waals surface area contributed by atoms with Crippen LogP contribution in [0, 0.1) is 11.7 Å². The third-order valence-corrected chi connectivity index (χ3v) is 8.60. The van der Waals surface area contributed by atoms with Crippen LogP contribution >= 0.6 is 0 Å². The maximum Gasteiger partial charge on any atom is 0.130 e. The molecule has 0 unspecified atom stereocenters. The first-order valence-corrected chi connectivity index (χ1v) is 14.8. The minimum Gasteiger partial charge on any atom is -0.206 e. The Bertz CT molecular complexity index is 1340. The Hall–Kier alpha value is -3.45. The van der Waals surface area contributed by atoms with Crippen LogP contribution < -0.4 is 0 Å². The van der Waals surface area contributed by atoms with Crippen LogP contribution in [0.5, 0.6) is 0 Å². The van der Waals surface area contributed by atoms with Crippen LogP contribution in [-0.4, -0.2) is 0 Å². The summed E-state index contributed by atoms with van der Waals surface area (Å²) in [6, 6.07) is 34.0. The lowest BCUT2D eigenvalue weighted by atomic mass is 9.77. The molecule has 0 heterocycles. The summed E-state index contributed by atoms with van der Waals surface area (Å²) >= 11 is 0. The molecule has 1 saturated carbocycles. The fraction of sp³-hybridized carbons (Fsp3) is 0.316. The van der Waals surface area contributed by atoms with E-state index in [0.717, 1.165) is 17.9 Å². The van der Waals surface area contributed by atoms with Crippen molar-refractivity contribution in [2.75, 3.05) is 0 Å². The minimum absolute atomic E-state index is 0.113. The Kier molecular flexibility index (Phi) is 9.09. The molecule has 1 aliphatic rings. The predicted molar refractivity (Wildman–Crippen MR) is 165 cm³/mol. The summed E-state index contributed by atoms with van der Waals surface area (Å²) in [6.07, 6.45) is 12.5. The lowest BCUT2D eigenvalue weighted by Crippen LogP contribution is -2.13. The Morgan fingerprint density at radius 2 is 1.44 bits per heavy atom. The summed E-state index contributed by atoms with van der Waals surface area (Å²) in [5.74, 6) is 1.77. The molecule has 1 heteroatoms. The van der Waals surface area contributed by atoms with Crippen molar-refractivity contribution >= 4 is 12.2 Å². The Morgan fingerprint density at radius 1 is 0.769 bits per heavy atom. The summed E-state index contributed by atoms with van der Waals surface area (Å²) in [6.45, 7) is 4.56. The molecule has 0 spiro atoms. The Labute approximate surface area is 234 Å². The second-order valence-electron chi connectivity index (χ2n) is 11.5. The number of rotatable bonds is 9. The highest BCUT2D eigenvalue weighted by Gasteiger charge is 2.22. The normalized spacial score (nSPS) is 18.3. The van der Waals surface area contributed by atoms with Gasteiger partial charge in [0.15, 0.2) is 0 Å². The fourth-order valence-electron chi connectivity index (χ4n) is 6.18. The van der Waals surface area contributed by atoms with Gasteiger partial charge in [-0.3, -0.25) is 0 Å². The van der Waals surface area contributed by atoms with E-state index in [4.69, 9.17) is 0 Å². The molecule has 0 radical (unpaired) electrons. The van der Waals surface area contributed by atoms with E-state index in [0.29, 0.717) is 17.4 Å². The van der Waals surface area contributed by atoms with Crippen LogP contribution in [0.1, 0.15) is 92.0 Å². The smallest absolute Gasteiger partial charge is 0.130 e. The van der Waals surface area contributed by atoms with Crippen molar-refractivity contribution in [1.29, 1.82) is 0 Å². The van der Waals surface area contributed by atoms with Gasteiger partial charge < -0.3 is 0 Å². The first-order chi connectivity index (χ1) is 19.1. The molecule has 1 aliphatic carbocycles. The molecule has 0 N–H and O–H groups in total. The number of hydrogen-bond donors (Lipinski definition) is 0. The Balaban J connectivity index is 1.18. The zero-order valence-corrected chi connectivity index (χ0v) is 23.5. The molecule has 4 aromatic carbocycles. The van der Waals surface area contributed by atoms with Crippen LogP contribution in [0.4, 0.5) is 4.39 Å². The lowest BCUT2D eigenvalue weighted by molar-refractivity contribution is 0.308. The van der Waals surface area contributed by atoms with Crippen LogP contribution in [0.25, 0.3) is 23.3 Å². The predicted octanol–water partition coefficient (Wildman–Crippen LogP) is 11.1. The third-order valence-electron chi connectivity index (χ3n) is 8.60. The molecule has 0 saturated heterocycles. The van der Waals surface area contributed by atoms with E-state index in [1.807, 2.05) is 18.2 Å². The molecule has 0 bridgehead atoms. The zero-order valence-electron chi connectivity index (χ0n) is 23.5. The van der Waals surface area contributed by atoms with Crippen molar-refractivity contribution in [3.8, 4) is 11.1 Å². The molecule has 200 valence electrons. The third kappa shape index (κ3) is 7.15. The highest BCUT2D eigenvalue weighted by atomic mass is 19.1. The molecule has 5 rings (SSSR count). The van der Waals surface area contributed by atoms with Gasteiger partial charge in [0.05, 0.1) is 0 Å². The Morgan fingerprint density at radius 3 is 2.08 bits per heavy atom. The standard InChI is InChI=1S/C38H41F/c1-3-7-29-10-19-35(20-11-29)37-25-24-36(38(39)27-37)23-14-30-12-17-33(18-13-30)34-21-15-31(16-22-34)26-28(2)32-8-5-4-6-9-32/h4-6,8-9,12-18,21-25,27-29,35H,3,7,10-11,19-20,26H2,1-2H3/t28-,29?,35?/m0/s1. The van der Waals surface area contributed by atoms with Crippen LogP contribution in [0.2, 0.25) is 0 Å². The molecule has 39 heavy (non-hydrogen) atoms. The summed E-state index contributed by atoms with van der Waals surface area (Å²) in [7, 11) is 0. The van der Waals surface area contributed by atoms with Gasteiger partial charge in [-0.1, -0.05) is 130 Å². The fourth-order valence-corrected chi connectivity index (χ4v) is 6.18. The van der Waals surface area contributed by atoms with Crippen molar-refractivity contribution in [2.45, 2.75) is 70.6 Å². The summed E-state index contributed by atoms with van der Waals surface area (Å²) in [4.78, 5) is 0. The van der Waals surface area contributed by atoms with Gasteiger partial charge in [0, 0.05) is 5.56 Å². The number of halogens is 1. The zero-order chi connectivity index (χ0) is 27.0. The molecule has 1 atom stereocenters. The highest BCUT2D eigenvalue weighted by molar-refractivity contribution is 5.72. The quantitative estimate of drug-likeness (QED) is 0.194. The summed E-state index contributed by atoms with van der Waals surface area (Å²) in [5.41, 5.74) is 8.04. The van der Waals surface area contributed by atoms with Crippen LogP contribution in [0.3, 0.4) is 0 Å². The van der Waals surface area contributed by atoms with Gasteiger partial charge >= 0.3 is 0 Å². The largest absolute Gasteiger partial charge is 0.206 e. The van der Waals surface area contributed by atoms with Gasteiger partial charge in [-0.2, -0.15) is 0 Å². The average molecular weight is 517 g/mol. The SMILES string of the molecule is CCCC1CCC(c2ccc(C=Cc3ccc(-c4ccc(C[C@H](C)c5ccccc5)cc4)cc3)c(F)c2)CC1. The average Bonchev–Trinajstić information content (AvgIpc) is 2.98. The second-order valence-corrected chi connectivity index (χ2v) is 11.5. The minimum atomic E-state index is -0.113. The van der Waals surface area contributed by atoms with E-state index < -0.39 is 0 Å². The summed E-state index contributed by atoms with van der Waals surface area (Å²) in [5, 5.41) is 0. The first-order valence-electron chi connectivity index (χ1n) is 14.8. The summed E-state index contributed by atoms with van der Waals surface area (Å²) < 4.78 is 14.9. The van der Waals surface area contributed by atoms with Crippen molar-refractivity contribution in [1.82, 2.24) is 0 Å². The van der Waals surface area contributed by atoms with Crippen LogP contribution in [-0.2, 0) is 6.42 Å². The van der Waals surface area contributed by atoms with E-state index in [1.54, 1.807) is 6.07 Å². The molecule has 4 aromatic rings. The topological polar surface area (TPSA) is 0 Å². The van der Waals surface area contributed by atoms with Crippen molar-refractivity contribution < 1.29 is 4.39 Å². The molecule has 1 fully saturated rings. The van der Waals surface area contributed by atoms with Crippen molar-refractivity contribution in [3.63, 3.8) is 0 Å².